The number of nitrogens with zero attached hydrogens (tertiary/aromatic N) is 1. The monoisotopic (exact) mass is 308 g/mol. The number of amides is 1. The molecule has 118 valence electrons. The van der Waals surface area contributed by atoms with Crippen molar-refractivity contribution in [2.75, 3.05) is 13.1 Å². The Morgan fingerprint density at radius 2 is 2.10 bits per heavy atom. The summed E-state index contributed by atoms with van der Waals surface area (Å²) in [6.45, 7) is 5.25. The third-order valence-electron chi connectivity index (χ3n) is 3.53. The second-order valence-corrected chi connectivity index (χ2v) is 8.00. The van der Waals surface area contributed by atoms with Crippen molar-refractivity contribution in [1.82, 2.24) is 9.62 Å². The molecular formula is C13H25FN2O3S. The molecule has 0 aromatic heterocycles. The number of carbonyl (C=O) groups is 1. The first-order valence-electron chi connectivity index (χ1n) is 7.20. The van der Waals surface area contributed by atoms with Gasteiger partial charge < -0.3 is 5.32 Å². The second-order valence-electron chi connectivity index (χ2n) is 5.56. The van der Waals surface area contributed by atoms with Crippen LogP contribution in [0.5, 0.6) is 0 Å². The molecule has 0 spiro atoms. The first-order chi connectivity index (χ1) is 9.28. The lowest BCUT2D eigenvalue weighted by atomic mass is 10.2. The first-order valence-corrected chi connectivity index (χ1v) is 8.70. The van der Waals surface area contributed by atoms with E-state index in [-0.39, 0.29) is 25.4 Å². The fraction of sp³-hybridized carbons (Fsp3) is 0.923. The van der Waals surface area contributed by atoms with Gasteiger partial charge in [0.2, 0.25) is 15.9 Å². The number of rotatable bonds is 7. The second kappa shape index (κ2) is 7.36. The maximum atomic E-state index is 13.5. The number of unbranched alkanes of at least 4 members (excludes halogenated alkanes) is 1. The average Bonchev–Trinajstić information content (AvgIpc) is 2.75. The van der Waals surface area contributed by atoms with Crippen molar-refractivity contribution < 1.29 is 17.6 Å². The maximum absolute atomic E-state index is 13.5. The Bertz CT molecular complexity index is 425. The maximum Gasteiger partial charge on any atom is 0.220 e. The number of sulfonamides is 1. The van der Waals surface area contributed by atoms with Crippen LogP contribution in [0.25, 0.3) is 0 Å². The SMILES string of the molecule is CCCCC(=O)NC[C@@H]1C[C@H](F)CN1S(=O)(=O)C(C)C. The number of halogens is 1. The molecule has 0 aromatic rings. The summed E-state index contributed by atoms with van der Waals surface area (Å²) in [6.07, 6.45) is 1.16. The highest BCUT2D eigenvalue weighted by atomic mass is 32.2. The van der Waals surface area contributed by atoms with E-state index in [9.17, 15) is 17.6 Å². The Kier molecular flexibility index (Phi) is 6.39. The molecule has 0 radical (unpaired) electrons. The molecule has 1 aliphatic rings. The topological polar surface area (TPSA) is 66.5 Å². The van der Waals surface area contributed by atoms with Crippen molar-refractivity contribution in [3.8, 4) is 0 Å². The van der Waals surface area contributed by atoms with Crippen LogP contribution in [0.1, 0.15) is 46.5 Å². The van der Waals surface area contributed by atoms with E-state index in [1.807, 2.05) is 6.92 Å². The average molecular weight is 308 g/mol. The number of hydrogen-bond donors (Lipinski definition) is 1. The van der Waals surface area contributed by atoms with E-state index in [1.54, 1.807) is 13.8 Å². The normalized spacial score (nSPS) is 24.2. The van der Waals surface area contributed by atoms with Gasteiger partial charge in [-0.25, -0.2) is 12.8 Å². The summed E-state index contributed by atoms with van der Waals surface area (Å²) in [5.74, 6) is -0.101. The van der Waals surface area contributed by atoms with Gasteiger partial charge in [0, 0.05) is 25.6 Å². The van der Waals surface area contributed by atoms with Crippen LogP contribution in [0.2, 0.25) is 0 Å². The van der Waals surface area contributed by atoms with E-state index in [2.05, 4.69) is 5.32 Å². The Morgan fingerprint density at radius 1 is 1.45 bits per heavy atom. The van der Waals surface area contributed by atoms with Crippen LogP contribution in [0, 0.1) is 0 Å². The molecule has 1 fully saturated rings. The lowest BCUT2D eigenvalue weighted by molar-refractivity contribution is -0.121. The predicted molar refractivity (Wildman–Crippen MR) is 76.6 cm³/mol. The fourth-order valence-corrected chi connectivity index (χ4v) is 3.74. The number of carbonyl (C=O) groups excluding carboxylic acids is 1. The van der Waals surface area contributed by atoms with Crippen LogP contribution in [0.4, 0.5) is 4.39 Å². The zero-order valence-corrected chi connectivity index (χ0v) is 13.2. The Balaban J connectivity index is 2.61. The lowest BCUT2D eigenvalue weighted by Crippen LogP contribution is -2.45. The van der Waals surface area contributed by atoms with Gasteiger partial charge in [0.1, 0.15) is 6.17 Å². The van der Waals surface area contributed by atoms with Crippen molar-refractivity contribution >= 4 is 15.9 Å². The minimum Gasteiger partial charge on any atom is -0.354 e. The van der Waals surface area contributed by atoms with Gasteiger partial charge in [0.25, 0.3) is 0 Å². The molecule has 1 amide bonds. The predicted octanol–water partition coefficient (Wildman–Crippen LogP) is 1.44. The van der Waals surface area contributed by atoms with E-state index >= 15 is 0 Å². The van der Waals surface area contributed by atoms with Gasteiger partial charge in [-0.05, 0) is 26.7 Å². The van der Waals surface area contributed by atoms with Crippen molar-refractivity contribution in [1.29, 1.82) is 0 Å². The minimum atomic E-state index is -3.48. The molecular weight excluding hydrogens is 283 g/mol. The molecule has 5 nitrogen and oxygen atoms in total. The van der Waals surface area contributed by atoms with E-state index in [0.717, 1.165) is 12.8 Å². The van der Waals surface area contributed by atoms with Crippen LogP contribution < -0.4 is 5.32 Å². The van der Waals surface area contributed by atoms with E-state index in [1.165, 1.54) is 4.31 Å². The zero-order chi connectivity index (χ0) is 15.3. The molecule has 1 aliphatic heterocycles. The molecule has 0 aromatic carbocycles. The Hall–Kier alpha value is -0.690. The fourth-order valence-electron chi connectivity index (χ4n) is 2.26. The van der Waals surface area contributed by atoms with Crippen LogP contribution in [-0.4, -0.2) is 49.2 Å². The minimum absolute atomic E-state index is 0.101. The summed E-state index contributed by atoms with van der Waals surface area (Å²) in [7, 11) is -3.48. The summed E-state index contributed by atoms with van der Waals surface area (Å²) >= 11 is 0. The highest BCUT2D eigenvalue weighted by molar-refractivity contribution is 7.89. The smallest absolute Gasteiger partial charge is 0.220 e. The van der Waals surface area contributed by atoms with Gasteiger partial charge in [-0.15, -0.1) is 0 Å². The van der Waals surface area contributed by atoms with Gasteiger partial charge in [-0.3, -0.25) is 4.79 Å². The molecule has 0 saturated carbocycles. The molecule has 0 bridgehead atoms. The number of nitrogens with one attached hydrogen (secondary N) is 1. The molecule has 1 heterocycles. The third kappa shape index (κ3) is 4.41. The van der Waals surface area contributed by atoms with Crippen LogP contribution in [0.3, 0.4) is 0 Å². The van der Waals surface area contributed by atoms with Gasteiger partial charge in [-0.2, -0.15) is 4.31 Å². The van der Waals surface area contributed by atoms with E-state index < -0.39 is 27.5 Å². The van der Waals surface area contributed by atoms with Crippen molar-refractivity contribution in [3.63, 3.8) is 0 Å². The highest BCUT2D eigenvalue weighted by Crippen LogP contribution is 2.25. The summed E-state index contributed by atoms with van der Waals surface area (Å²) in [5, 5.41) is 2.13. The summed E-state index contributed by atoms with van der Waals surface area (Å²) in [5.41, 5.74) is 0. The Labute approximate surface area is 121 Å². The quantitative estimate of drug-likeness (QED) is 0.774. The highest BCUT2D eigenvalue weighted by Gasteiger charge is 2.40. The molecule has 0 unspecified atom stereocenters. The van der Waals surface area contributed by atoms with Crippen LogP contribution in [-0.2, 0) is 14.8 Å². The third-order valence-corrected chi connectivity index (χ3v) is 5.82. The summed E-state index contributed by atoms with van der Waals surface area (Å²) < 4.78 is 39.0. The van der Waals surface area contributed by atoms with Crippen molar-refractivity contribution in [2.24, 2.45) is 0 Å². The van der Waals surface area contributed by atoms with Crippen molar-refractivity contribution in [2.45, 2.75) is 63.9 Å². The first kappa shape index (κ1) is 17.4. The van der Waals surface area contributed by atoms with Gasteiger partial charge in [0.15, 0.2) is 0 Å². The van der Waals surface area contributed by atoms with Gasteiger partial charge in [-0.1, -0.05) is 13.3 Å². The lowest BCUT2D eigenvalue weighted by Gasteiger charge is -2.25. The molecule has 20 heavy (non-hydrogen) atoms. The van der Waals surface area contributed by atoms with Gasteiger partial charge in [0.05, 0.1) is 5.25 Å². The van der Waals surface area contributed by atoms with Crippen LogP contribution >= 0.6 is 0 Å². The molecule has 1 rings (SSSR count). The number of alkyl halides is 1. The van der Waals surface area contributed by atoms with Gasteiger partial charge >= 0.3 is 0 Å². The standard InChI is InChI=1S/C13H25FN2O3S/c1-4-5-6-13(17)15-8-12-7-11(14)9-16(12)20(18,19)10(2)3/h10-12H,4-9H2,1-3H3,(H,15,17)/t11-,12-/m0/s1. The molecule has 1 N–H and O–H groups in total. The van der Waals surface area contributed by atoms with Crippen LogP contribution in [0.15, 0.2) is 0 Å². The van der Waals surface area contributed by atoms with E-state index in [0.29, 0.717) is 6.42 Å². The molecule has 2 atom stereocenters. The molecule has 1 saturated heterocycles. The summed E-state index contributed by atoms with van der Waals surface area (Å²) in [4.78, 5) is 11.6. The Morgan fingerprint density at radius 3 is 2.65 bits per heavy atom. The number of hydrogen-bond acceptors (Lipinski definition) is 3. The summed E-state index contributed by atoms with van der Waals surface area (Å²) in [6, 6.07) is -0.469. The zero-order valence-electron chi connectivity index (χ0n) is 12.4. The molecule has 0 aliphatic carbocycles. The van der Waals surface area contributed by atoms with Crippen molar-refractivity contribution in [3.05, 3.63) is 0 Å². The molecule has 7 heteroatoms. The largest absolute Gasteiger partial charge is 0.354 e. The van der Waals surface area contributed by atoms with E-state index in [4.69, 9.17) is 0 Å².